The maximum atomic E-state index is 12.6. The summed E-state index contributed by atoms with van der Waals surface area (Å²) in [7, 11) is -3.74. The quantitative estimate of drug-likeness (QED) is 0.660. The van der Waals surface area contributed by atoms with Crippen LogP contribution in [0.25, 0.3) is 0 Å². The standard InChI is InChI=1S/C19H23ClN4O3S/c1-14(19(25)22-16-5-7-18(8-6-16)28(21,26)27)23-9-11-24(12-10-23)17-4-2-3-15(20)13-17/h2-8,13-14H,9-12H2,1H3,(H,22,25)(H2,21,26,27)/p+1/t14-/m1/s1. The molecule has 150 valence electrons. The van der Waals surface area contributed by atoms with Gasteiger partial charge in [-0.25, -0.2) is 13.6 Å². The minimum Gasteiger partial charge on any atom is -0.360 e. The highest BCUT2D eigenvalue weighted by Crippen LogP contribution is 2.19. The number of rotatable bonds is 5. The van der Waals surface area contributed by atoms with Gasteiger partial charge in [-0.3, -0.25) is 4.79 Å². The molecule has 1 heterocycles. The minimum atomic E-state index is -3.74. The number of piperazine rings is 1. The topological polar surface area (TPSA) is 96.9 Å². The molecule has 1 saturated heterocycles. The number of anilines is 2. The van der Waals surface area contributed by atoms with E-state index in [4.69, 9.17) is 16.7 Å². The normalized spacial score (nSPS) is 16.6. The fourth-order valence-corrected chi connectivity index (χ4v) is 4.02. The fraction of sp³-hybridized carbons (Fsp3) is 0.316. The van der Waals surface area contributed by atoms with Gasteiger partial charge in [0.25, 0.3) is 5.91 Å². The van der Waals surface area contributed by atoms with Gasteiger partial charge in [0.05, 0.1) is 31.1 Å². The summed E-state index contributed by atoms with van der Waals surface area (Å²) in [4.78, 5) is 16.1. The second-order valence-electron chi connectivity index (χ2n) is 6.91. The molecule has 0 radical (unpaired) electrons. The third-order valence-corrected chi connectivity index (χ3v) is 6.20. The Labute approximate surface area is 170 Å². The molecule has 4 N–H and O–H groups in total. The third-order valence-electron chi connectivity index (χ3n) is 5.04. The number of nitrogens with one attached hydrogen (secondary N) is 2. The van der Waals surface area contributed by atoms with E-state index >= 15 is 0 Å². The molecule has 1 aliphatic rings. The van der Waals surface area contributed by atoms with Gasteiger partial charge < -0.3 is 15.1 Å². The summed E-state index contributed by atoms with van der Waals surface area (Å²) in [5, 5.41) is 8.64. The molecule has 2 aromatic rings. The fourth-order valence-electron chi connectivity index (χ4n) is 3.32. The summed E-state index contributed by atoms with van der Waals surface area (Å²) < 4.78 is 22.6. The molecular formula is C19H24ClN4O3S+. The molecule has 1 atom stereocenters. The van der Waals surface area contributed by atoms with Crippen LogP contribution in [0.4, 0.5) is 11.4 Å². The van der Waals surface area contributed by atoms with Crippen LogP contribution >= 0.6 is 11.6 Å². The van der Waals surface area contributed by atoms with Gasteiger partial charge in [-0.05, 0) is 49.4 Å². The van der Waals surface area contributed by atoms with Gasteiger partial charge in [0.15, 0.2) is 6.04 Å². The zero-order valence-electron chi connectivity index (χ0n) is 15.6. The second kappa shape index (κ2) is 8.48. The Morgan fingerprint density at radius 1 is 1.18 bits per heavy atom. The molecule has 9 heteroatoms. The Morgan fingerprint density at radius 3 is 2.39 bits per heavy atom. The Hall–Kier alpha value is -2.13. The van der Waals surface area contributed by atoms with Gasteiger partial charge >= 0.3 is 0 Å². The van der Waals surface area contributed by atoms with E-state index in [1.165, 1.54) is 29.2 Å². The van der Waals surface area contributed by atoms with E-state index in [9.17, 15) is 13.2 Å². The van der Waals surface area contributed by atoms with Crippen molar-refractivity contribution in [2.24, 2.45) is 5.14 Å². The van der Waals surface area contributed by atoms with E-state index in [1.807, 2.05) is 31.2 Å². The van der Waals surface area contributed by atoms with Crippen molar-refractivity contribution in [3.8, 4) is 0 Å². The first-order chi connectivity index (χ1) is 13.2. The van der Waals surface area contributed by atoms with Crippen LogP contribution in [0.1, 0.15) is 6.92 Å². The second-order valence-corrected chi connectivity index (χ2v) is 8.90. The van der Waals surface area contributed by atoms with Crippen LogP contribution in [-0.2, 0) is 14.8 Å². The predicted octanol–water partition coefficient (Wildman–Crippen LogP) is 0.720. The summed E-state index contributed by atoms with van der Waals surface area (Å²) in [6, 6.07) is 13.4. The van der Waals surface area contributed by atoms with Gasteiger partial charge in [-0.1, -0.05) is 17.7 Å². The summed E-state index contributed by atoms with van der Waals surface area (Å²) in [5.41, 5.74) is 1.64. The first-order valence-corrected chi connectivity index (χ1v) is 11.0. The number of hydrogen-bond acceptors (Lipinski definition) is 4. The molecule has 28 heavy (non-hydrogen) atoms. The molecule has 0 aromatic heterocycles. The third kappa shape index (κ3) is 5.02. The van der Waals surface area contributed by atoms with Crippen molar-refractivity contribution in [2.75, 3.05) is 36.4 Å². The number of carbonyl (C=O) groups excluding carboxylic acids is 1. The van der Waals surface area contributed by atoms with E-state index in [0.29, 0.717) is 10.7 Å². The van der Waals surface area contributed by atoms with E-state index in [0.717, 1.165) is 31.9 Å². The van der Waals surface area contributed by atoms with Crippen molar-refractivity contribution in [3.63, 3.8) is 0 Å². The number of halogens is 1. The van der Waals surface area contributed by atoms with Crippen LogP contribution in [0.2, 0.25) is 5.02 Å². The van der Waals surface area contributed by atoms with Gasteiger partial charge in [0.2, 0.25) is 10.0 Å². The number of sulfonamides is 1. The number of hydrogen-bond donors (Lipinski definition) is 3. The van der Waals surface area contributed by atoms with Crippen LogP contribution in [-0.4, -0.2) is 46.5 Å². The van der Waals surface area contributed by atoms with Crippen molar-refractivity contribution in [3.05, 3.63) is 53.6 Å². The molecule has 0 saturated carbocycles. The first kappa shape index (κ1) is 20.6. The first-order valence-electron chi connectivity index (χ1n) is 9.03. The smallest absolute Gasteiger partial charge is 0.282 e. The van der Waals surface area contributed by atoms with Crippen molar-refractivity contribution in [1.82, 2.24) is 0 Å². The highest BCUT2D eigenvalue weighted by atomic mass is 35.5. The van der Waals surface area contributed by atoms with Crippen molar-refractivity contribution in [1.29, 1.82) is 0 Å². The van der Waals surface area contributed by atoms with E-state index in [-0.39, 0.29) is 16.8 Å². The van der Waals surface area contributed by atoms with Crippen LogP contribution in [0.15, 0.2) is 53.4 Å². The molecule has 3 rings (SSSR count). The SMILES string of the molecule is C[C@H](C(=O)Nc1ccc(S(N)(=O)=O)cc1)[NH+]1CCN(c2cccc(Cl)c2)CC1. The maximum Gasteiger partial charge on any atom is 0.282 e. The van der Waals surface area contributed by atoms with Crippen LogP contribution in [0.3, 0.4) is 0 Å². The van der Waals surface area contributed by atoms with E-state index in [2.05, 4.69) is 10.2 Å². The Kier molecular flexibility index (Phi) is 6.24. The van der Waals surface area contributed by atoms with Gasteiger partial charge in [0, 0.05) is 16.4 Å². The van der Waals surface area contributed by atoms with Crippen molar-refractivity contribution in [2.45, 2.75) is 17.9 Å². The van der Waals surface area contributed by atoms with E-state index < -0.39 is 10.0 Å². The largest absolute Gasteiger partial charge is 0.360 e. The molecule has 0 spiro atoms. The Morgan fingerprint density at radius 2 is 1.82 bits per heavy atom. The number of amides is 1. The number of primary sulfonamides is 1. The van der Waals surface area contributed by atoms with Crippen LogP contribution in [0, 0.1) is 0 Å². The molecule has 0 bridgehead atoms. The maximum absolute atomic E-state index is 12.6. The lowest BCUT2D eigenvalue weighted by Crippen LogP contribution is -3.19. The molecule has 1 amide bonds. The molecule has 7 nitrogen and oxygen atoms in total. The minimum absolute atomic E-state index is 0.0151. The number of benzene rings is 2. The average molecular weight is 424 g/mol. The van der Waals surface area contributed by atoms with E-state index in [1.54, 1.807) is 0 Å². The van der Waals surface area contributed by atoms with Crippen molar-refractivity contribution >= 4 is 38.9 Å². The summed E-state index contributed by atoms with van der Waals surface area (Å²) in [6.45, 7) is 5.27. The predicted molar refractivity (Wildman–Crippen MR) is 110 cm³/mol. The number of nitrogens with zero attached hydrogens (tertiary/aromatic N) is 1. The lowest BCUT2D eigenvalue weighted by molar-refractivity contribution is -0.914. The Bertz CT molecular complexity index is 942. The Balaban J connectivity index is 1.56. The number of quaternary nitrogens is 1. The molecule has 0 aliphatic carbocycles. The highest BCUT2D eigenvalue weighted by Gasteiger charge is 2.29. The average Bonchev–Trinajstić information content (AvgIpc) is 2.67. The van der Waals surface area contributed by atoms with Gasteiger partial charge in [-0.2, -0.15) is 0 Å². The number of carbonyl (C=O) groups is 1. The number of nitrogens with two attached hydrogens (primary N) is 1. The van der Waals surface area contributed by atoms with Crippen LogP contribution in [0.5, 0.6) is 0 Å². The monoisotopic (exact) mass is 423 g/mol. The summed E-state index contributed by atoms with van der Waals surface area (Å²) in [6.07, 6.45) is 0. The van der Waals surface area contributed by atoms with Crippen LogP contribution < -0.4 is 20.3 Å². The molecule has 0 unspecified atom stereocenters. The summed E-state index contributed by atoms with van der Waals surface area (Å²) >= 11 is 6.07. The molecule has 2 aromatic carbocycles. The van der Waals surface area contributed by atoms with Crippen molar-refractivity contribution < 1.29 is 18.1 Å². The highest BCUT2D eigenvalue weighted by molar-refractivity contribution is 7.89. The lowest BCUT2D eigenvalue weighted by Gasteiger charge is -2.36. The van der Waals surface area contributed by atoms with Gasteiger partial charge in [0.1, 0.15) is 0 Å². The molecule has 1 fully saturated rings. The zero-order chi connectivity index (χ0) is 20.3. The summed E-state index contributed by atoms with van der Waals surface area (Å²) in [5.74, 6) is -0.102. The zero-order valence-corrected chi connectivity index (χ0v) is 17.1. The molecular weight excluding hydrogens is 400 g/mol. The lowest BCUT2D eigenvalue weighted by atomic mass is 10.2. The van der Waals surface area contributed by atoms with Gasteiger partial charge in [-0.15, -0.1) is 0 Å². The molecule has 1 aliphatic heterocycles.